The Morgan fingerprint density at radius 3 is 2.18 bits per heavy atom. The average Bonchev–Trinajstić information content (AvgIpc) is 3.20. The Kier molecular flexibility index (Phi) is 5.20. The van der Waals surface area contributed by atoms with Crippen molar-refractivity contribution in [3.63, 3.8) is 0 Å². The molecule has 3 saturated carbocycles. The van der Waals surface area contributed by atoms with E-state index in [-0.39, 0.29) is 35.6 Å². The van der Waals surface area contributed by atoms with Crippen molar-refractivity contribution in [2.24, 2.45) is 17.8 Å². The molecule has 1 heterocycles. The molecule has 2 N–H and O–H groups in total. The van der Waals surface area contributed by atoms with E-state index >= 15 is 0 Å². The smallest absolute Gasteiger partial charge is 0.224 e. The van der Waals surface area contributed by atoms with Crippen LogP contribution in [0.2, 0.25) is 0 Å². The minimum atomic E-state index is -3.13. The van der Waals surface area contributed by atoms with Crippen LogP contribution in [-0.4, -0.2) is 42.8 Å². The van der Waals surface area contributed by atoms with Crippen LogP contribution >= 0.6 is 0 Å². The Labute approximate surface area is 167 Å². The Morgan fingerprint density at radius 2 is 1.64 bits per heavy atom. The number of fused-ring (bicyclic) bond motifs is 1. The van der Waals surface area contributed by atoms with Crippen LogP contribution in [0.3, 0.4) is 0 Å². The predicted octanol–water partition coefficient (Wildman–Crippen LogP) is 1.55. The van der Waals surface area contributed by atoms with E-state index in [1.807, 2.05) is 0 Å². The van der Waals surface area contributed by atoms with E-state index < -0.39 is 14.6 Å². The van der Waals surface area contributed by atoms with Gasteiger partial charge in [0.25, 0.3) is 0 Å². The second-order valence-corrected chi connectivity index (χ2v) is 11.7. The number of nitrogens with one attached hydrogen (secondary N) is 2. The third-order valence-electron chi connectivity index (χ3n) is 7.67. The minimum Gasteiger partial charge on any atom is -0.353 e. The molecule has 1 aliphatic heterocycles. The number of hydrogen-bond acceptors (Lipinski definition) is 4. The fourth-order valence-electron chi connectivity index (χ4n) is 6.15. The molecule has 0 aromatic heterocycles. The summed E-state index contributed by atoms with van der Waals surface area (Å²) in [6, 6.07) is 0.358. The summed E-state index contributed by atoms with van der Waals surface area (Å²) in [5.41, 5.74) is 0. The van der Waals surface area contributed by atoms with E-state index in [0.717, 1.165) is 32.1 Å². The van der Waals surface area contributed by atoms with Gasteiger partial charge in [0, 0.05) is 24.9 Å². The van der Waals surface area contributed by atoms with Gasteiger partial charge in [-0.2, -0.15) is 0 Å². The van der Waals surface area contributed by atoms with E-state index in [0.29, 0.717) is 43.9 Å². The molecular formula is C21H30N2O4S. The third kappa shape index (κ3) is 3.34. The lowest BCUT2D eigenvalue weighted by Crippen LogP contribution is -2.53. The molecule has 1 saturated heterocycles. The summed E-state index contributed by atoms with van der Waals surface area (Å²) in [6.07, 6.45) is 12.5. The Bertz CT molecular complexity index is 782. The van der Waals surface area contributed by atoms with Crippen LogP contribution in [0.4, 0.5) is 0 Å². The van der Waals surface area contributed by atoms with Gasteiger partial charge in [0.15, 0.2) is 9.84 Å². The highest BCUT2D eigenvalue weighted by Crippen LogP contribution is 2.52. The largest absolute Gasteiger partial charge is 0.353 e. The zero-order chi connectivity index (χ0) is 19.9. The van der Waals surface area contributed by atoms with Crippen molar-refractivity contribution < 1.29 is 18.0 Å². The molecule has 1 spiro atoms. The number of terminal acetylenes is 1. The van der Waals surface area contributed by atoms with Crippen LogP contribution in [0.15, 0.2) is 0 Å². The monoisotopic (exact) mass is 406 g/mol. The first-order chi connectivity index (χ1) is 13.3. The minimum absolute atomic E-state index is 0.0287. The highest BCUT2D eigenvalue weighted by atomic mass is 32.2. The van der Waals surface area contributed by atoms with Crippen LogP contribution in [0.25, 0.3) is 0 Å². The summed E-state index contributed by atoms with van der Waals surface area (Å²) < 4.78 is 24.1. The molecule has 0 radical (unpaired) electrons. The Hall–Kier alpha value is -1.55. The third-order valence-corrected chi connectivity index (χ3v) is 10.4. The van der Waals surface area contributed by atoms with E-state index in [9.17, 15) is 18.0 Å². The Morgan fingerprint density at radius 1 is 1.04 bits per heavy atom. The first-order valence-corrected chi connectivity index (χ1v) is 12.3. The molecule has 0 aromatic carbocycles. The van der Waals surface area contributed by atoms with Gasteiger partial charge in [-0.05, 0) is 56.8 Å². The molecule has 0 bridgehead atoms. The molecule has 28 heavy (non-hydrogen) atoms. The fourth-order valence-corrected chi connectivity index (χ4v) is 8.67. The molecule has 7 heteroatoms. The van der Waals surface area contributed by atoms with E-state index in [4.69, 9.17) is 6.42 Å². The summed E-state index contributed by atoms with van der Waals surface area (Å²) in [7, 11) is -3.13. The topological polar surface area (TPSA) is 92.3 Å². The van der Waals surface area contributed by atoms with Crippen LogP contribution < -0.4 is 10.6 Å². The predicted molar refractivity (Wildman–Crippen MR) is 106 cm³/mol. The standard InChI is InChI=1S/C21H30N2O4S/c1-2-3-5-19(24)22-16-10-14-12-17(13-15(14)11-16)23-20(25)18-6-9-28(26,27)21(18)7-4-8-21/h1,14-18H,3-13H2,(H,22,24)(H,23,25)/t14-,15+,16?,17?,18?. The summed E-state index contributed by atoms with van der Waals surface area (Å²) in [6.45, 7) is 0. The van der Waals surface area contributed by atoms with Crippen LogP contribution in [0.1, 0.15) is 64.2 Å². The van der Waals surface area contributed by atoms with Gasteiger partial charge < -0.3 is 10.6 Å². The SMILES string of the molecule is C#CCCC(=O)NC1C[C@@H]2CC(NC(=O)C3CCS(=O)(=O)C34CCC4)C[C@@H]2C1. The highest BCUT2D eigenvalue weighted by molar-refractivity contribution is 7.93. The van der Waals surface area contributed by atoms with Crippen molar-refractivity contribution in [3.05, 3.63) is 0 Å². The summed E-state index contributed by atoms with van der Waals surface area (Å²) in [5, 5.41) is 6.27. The normalized spacial score (nSPS) is 37.0. The van der Waals surface area contributed by atoms with Gasteiger partial charge in [-0.25, -0.2) is 8.42 Å². The summed E-state index contributed by atoms with van der Waals surface area (Å²) in [5.74, 6) is 3.30. The lowest BCUT2D eigenvalue weighted by molar-refractivity contribution is -0.127. The summed E-state index contributed by atoms with van der Waals surface area (Å²) >= 11 is 0. The van der Waals surface area contributed by atoms with Crippen LogP contribution in [0.5, 0.6) is 0 Å². The number of carbonyl (C=O) groups is 2. The molecular weight excluding hydrogens is 376 g/mol. The number of amides is 2. The van der Waals surface area contributed by atoms with Crippen molar-refractivity contribution in [3.8, 4) is 12.3 Å². The number of carbonyl (C=O) groups excluding carboxylic acids is 2. The van der Waals surface area contributed by atoms with Gasteiger partial charge in [-0.3, -0.25) is 9.59 Å². The number of hydrogen-bond donors (Lipinski definition) is 2. The molecule has 4 fully saturated rings. The molecule has 5 atom stereocenters. The van der Waals surface area contributed by atoms with Gasteiger partial charge >= 0.3 is 0 Å². The van der Waals surface area contributed by atoms with Gasteiger partial charge in [-0.1, -0.05) is 6.42 Å². The molecule has 4 aliphatic rings. The molecule has 154 valence electrons. The van der Waals surface area contributed by atoms with Gasteiger partial charge in [0.2, 0.25) is 11.8 Å². The number of rotatable bonds is 5. The van der Waals surface area contributed by atoms with E-state index in [1.165, 1.54) is 0 Å². The Balaban J connectivity index is 1.27. The van der Waals surface area contributed by atoms with Crippen molar-refractivity contribution in [2.45, 2.75) is 81.0 Å². The molecule has 0 aromatic rings. The maximum Gasteiger partial charge on any atom is 0.224 e. The van der Waals surface area contributed by atoms with Crippen LogP contribution in [0, 0.1) is 30.1 Å². The first kappa shape index (κ1) is 19.8. The average molecular weight is 407 g/mol. The molecule has 4 rings (SSSR count). The fraction of sp³-hybridized carbons (Fsp3) is 0.810. The zero-order valence-corrected chi connectivity index (χ0v) is 17.1. The molecule has 3 unspecified atom stereocenters. The van der Waals surface area contributed by atoms with Crippen molar-refractivity contribution in [2.75, 3.05) is 5.75 Å². The zero-order valence-electron chi connectivity index (χ0n) is 16.3. The molecule has 2 amide bonds. The van der Waals surface area contributed by atoms with Crippen molar-refractivity contribution in [1.82, 2.24) is 10.6 Å². The van der Waals surface area contributed by atoms with Crippen LogP contribution in [-0.2, 0) is 19.4 Å². The first-order valence-electron chi connectivity index (χ1n) is 10.6. The van der Waals surface area contributed by atoms with Gasteiger partial charge in [0.05, 0.1) is 16.4 Å². The van der Waals surface area contributed by atoms with Crippen molar-refractivity contribution >= 4 is 21.7 Å². The van der Waals surface area contributed by atoms with E-state index in [2.05, 4.69) is 16.6 Å². The highest BCUT2D eigenvalue weighted by Gasteiger charge is 2.60. The second kappa shape index (κ2) is 7.37. The van der Waals surface area contributed by atoms with E-state index in [1.54, 1.807) is 0 Å². The number of sulfone groups is 1. The van der Waals surface area contributed by atoms with Gasteiger partial charge in [0.1, 0.15) is 0 Å². The van der Waals surface area contributed by atoms with Gasteiger partial charge in [-0.15, -0.1) is 12.3 Å². The van der Waals surface area contributed by atoms with Crippen molar-refractivity contribution in [1.29, 1.82) is 0 Å². The molecule has 6 nitrogen and oxygen atoms in total. The quantitative estimate of drug-likeness (QED) is 0.678. The maximum absolute atomic E-state index is 12.9. The lowest BCUT2D eigenvalue weighted by Gasteiger charge is -2.41. The maximum atomic E-state index is 12.9. The second-order valence-electron chi connectivity index (χ2n) is 9.22. The molecule has 3 aliphatic carbocycles. The lowest BCUT2D eigenvalue weighted by atomic mass is 9.73. The summed E-state index contributed by atoms with van der Waals surface area (Å²) in [4.78, 5) is 24.7.